The molecular formula is C10H9Br3ClFO. The van der Waals surface area contributed by atoms with Crippen LogP contribution in [-0.2, 0) is 0 Å². The molecular weight excluding hydrogens is 430 g/mol. The molecule has 1 aromatic carbocycles. The van der Waals surface area contributed by atoms with Crippen LogP contribution in [0.2, 0.25) is 5.02 Å². The molecule has 0 amide bonds. The van der Waals surface area contributed by atoms with Crippen molar-refractivity contribution in [2.45, 2.75) is 12.8 Å². The lowest BCUT2D eigenvalue weighted by atomic mass is 10.3. The van der Waals surface area contributed by atoms with Gasteiger partial charge in [-0.15, -0.1) is 0 Å². The molecule has 0 aliphatic rings. The molecule has 6 heteroatoms. The molecule has 0 radical (unpaired) electrons. The van der Waals surface area contributed by atoms with Gasteiger partial charge in [0.25, 0.3) is 0 Å². The van der Waals surface area contributed by atoms with Gasteiger partial charge in [-0.05, 0) is 50.8 Å². The van der Waals surface area contributed by atoms with Crippen molar-refractivity contribution in [1.29, 1.82) is 0 Å². The van der Waals surface area contributed by atoms with E-state index in [2.05, 4.69) is 47.8 Å². The summed E-state index contributed by atoms with van der Waals surface area (Å²) in [5.74, 6) is 0.0641. The second-order valence-corrected chi connectivity index (χ2v) is 5.86. The quantitative estimate of drug-likeness (QED) is 0.253. The van der Waals surface area contributed by atoms with E-state index in [1.54, 1.807) is 0 Å². The van der Waals surface area contributed by atoms with Crippen molar-refractivity contribution in [1.82, 2.24) is 0 Å². The van der Waals surface area contributed by atoms with Gasteiger partial charge in [-0.3, -0.25) is 0 Å². The highest BCUT2D eigenvalue weighted by Crippen LogP contribution is 2.40. The van der Waals surface area contributed by atoms with E-state index in [1.807, 2.05) is 0 Å². The van der Waals surface area contributed by atoms with Crippen molar-refractivity contribution < 1.29 is 9.13 Å². The first-order valence-corrected chi connectivity index (χ1v) is 7.68. The minimum atomic E-state index is -0.478. The molecule has 1 rings (SSSR count). The SMILES string of the molecule is Fc1cc(Br)c(OCCCCBr)c(Br)c1Cl. The normalized spacial score (nSPS) is 10.6. The van der Waals surface area contributed by atoms with Crippen molar-refractivity contribution in [3.63, 3.8) is 0 Å². The summed E-state index contributed by atoms with van der Waals surface area (Å²) >= 11 is 15.6. The van der Waals surface area contributed by atoms with Crippen LogP contribution in [0.15, 0.2) is 15.0 Å². The van der Waals surface area contributed by atoms with Crippen molar-refractivity contribution in [3.8, 4) is 5.75 Å². The molecule has 0 spiro atoms. The summed E-state index contributed by atoms with van der Waals surface area (Å²) in [6.45, 7) is 0.574. The van der Waals surface area contributed by atoms with Gasteiger partial charge < -0.3 is 4.74 Å². The van der Waals surface area contributed by atoms with E-state index in [0.29, 0.717) is 21.3 Å². The Kier molecular flexibility index (Phi) is 6.62. The van der Waals surface area contributed by atoms with Gasteiger partial charge in [0.2, 0.25) is 0 Å². The Balaban J connectivity index is 2.76. The lowest BCUT2D eigenvalue weighted by molar-refractivity contribution is 0.305. The van der Waals surface area contributed by atoms with Crippen molar-refractivity contribution in [2.75, 3.05) is 11.9 Å². The molecule has 0 aliphatic heterocycles. The van der Waals surface area contributed by atoms with Crippen LogP contribution in [0.3, 0.4) is 0 Å². The number of hydrogen-bond donors (Lipinski definition) is 0. The van der Waals surface area contributed by atoms with Gasteiger partial charge in [0.05, 0.1) is 20.6 Å². The van der Waals surface area contributed by atoms with Gasteiger partial charge in [0.15, 0.2) is 0 Å². The van der Waals surface area contributed by atoms with E-state index < -0.39 is 5.82 Å². The minimum Gasteiger partial charge on any atom is -0.491 e. The predicted molar refractivity (Wildman–Crippen MR) is 75.3 cm³/mol. The van der Waals surface area contributed by atoms with Crippen molar-refractivity contribution >= 4 is 59.4 Å². The zero-order chi connectivity index (χ0) is 12.1. The summed E-state index contributed by atoms with van der Waals surface area (Å²) in [7, 11) is 0. The number of hydrogen-bond acceptors (Lipinski definition) is 1. The Labute approximate surface area is 124 Å². The van der Waals surface area contributed by atoms with Crippen LogP contribution in [0.4, 0.5) is 4.39 Å². The van der Waals surface area contributed by atoms with Crippen LogP contribution in [0.1, 0.15) is 12.8 Å². The number of rotatable bonds is 5. The fraction of sp³-hybridized carbons (Fsp3) is 0.400. The average molecular weight is 439 g/mol. The van der Waals surface area contributed by atoms with Crippen LogP contribution < -0.4 is 4.74 Å². The first kappa shape index (κ1) is 14.7. The standard InChI is InChI=1S/C10H9Br3ClFO/c11-3-1-2-4-16-10-6(12)5-7(15)9(14)8(10)13/h5H,1-4H2. The molecule has 0 bridgehead atoms. The lowest BCUT2D eigenvalue weighted by Gasteiger charge is -2.11. The third kappa shape index (κ3) is 3.86. The molecule has 1 aromatic rings. The summed E-state index contributed by atoms with van der Waals surface area (Å²) in [5, 5.41) is 0.988. The molecule has 0 atom stereocenters. The number of unbranched alkanes of at least 4 members (excludes halogenated alkanes) is 1. The fourth-order valence-electron chi connectivity index (χ4n) is 1.05. The van der Waals surface area contributed by atoms with Gasteiger partial charge in [-0.25, -0.2) is 4.39 Å². The second-order valence-electron chi connectivity index (χ2n) is 3.04. The van der Waals surface area contributed by atoms with Crippen LogP contribution >= 0.6 is 59.4 Å². The highest BCUT2D eigenvalue weighted by atomic mass is 79.9. The van der Waals surface area contributed by atoms with Crippen LogP contribution in [-0.4, -0.2) is 11.9 Å². The maximum Gasteiger partial charge on any atom is 0.149 e. The number of ether oxygens (including phenoxy) is 1. The molecule has 0 saturated heterocycles. The zero-order valence-electron chi connectivity index (χ0n) is 8.20. The fourth-order valence-corrected chi connectivity index (χ4v) is 2.89. The highest BCUT2D eigenvalue weighted by Gasteiger charge is 2.14. The Bertz CT molecular complexity index is 374. The third-order valence-electron chi connectivity index (χ3n) is 1.85. The van der Waals surface area contributed by atoms with E-state index in [9.17, 15) is 4.39 Å². The Morgan fingerprint density at radius 1 is 1.31 bits per heavy atom. The molecule has 0 N–H and O–H groups in total. The van der Waals surface area contributed by atoms with Crippen LogP contribution in [0.25, 0.3) is 0 Å². The topological polar surface area (TPSA) is 9.23 Å². The summed E-state index contributed by atoms with van der Waals surface area (Å²) in [4.78, 5) is 0. The van der Waals surface area contributed by atoms with Gasteiger partial charge >= 0.3 is 0 Å². The summed E-state index contributed by atoms with van der Waals surface area (Å²) in [6.07, 6.45) is 1.96. The molecule has 0 aliphatic carbocycles. The maximum absolute atomic E-state index is 13.2. The van der Waals surface area contributed by atoms with E-state index >= 15 is 0 Å². The first-order chi connectivity index (χ1) is 7.57. The molecule has 0 fully saturated rings. The van der Waals surface area contributed by atoms with E-state index in [4.69, 9.17) is 16.3 Å². The van der Waals surface area contributed by atoms with Gasteiger partial charge in [-0.1, -0.05) is 27.5 Å². The number of benzene rings is 1. The lowest BCUT2D eigenvalue weighted by Crippen LogP contribution is -2.00. The van der Waals surface area contributed by atoms with Gasteiger partial charge in [0.1, 0.15) is 11.6 Å². The summed E-state index contributed by atoms with van der Waals surface area (Å²) in [5.41, 5.74) is 0. The van der Waals surface area contributed by atoms with Crippen LogP contribution in [0.5, 0.6) is 5.75 Å². The average Bonchev–Trinajstić information content (AvgIpc) is 2.25. The van der Waals surface area contributed by atoms with Gasteiger partial charge in [-0.2, -0.15) is 0 Å². The smallest absolute Gasteiger partial charge is 0.149 e. The highest BCUT2D eigenvalue weighted by molar-refractivity contribution is 9.11. The molecule has 1 nitrogen and oxygen atoms in total. The monoisotopic (exact) mass is 436 g/mol. The molecule has 90 valence electrons. The zero-order valence-corrected chi connectivity index (χ0v) is 13.7. The number of alkyl halides is 1. The first-order valence-electron chi connectivity index (χ1n) is 4.59. The van der Waals surface area contributed by atoms with Crippen LogP contribution in [0, 0.1) is 5.82 Å². The largest absolute Gasteiger partial charge is 0.491 e. The maximum atomic E-state index is 13.2. The van der Waals surface area contributed by atoms with Crippen molar-refractivity contribution in [3.05, 3.63) is 25.9 Å². The van der Waals surface area contributed by atoms with Gasteiger partial charge in [0, 0.05) is 5.33 Å². The summed E-state index contributed by atoms with van der Waals surface area (Å²) < 4.78 is 19.7. The second kappa shape index (κ2) is 7.19. The number of halogens is 5. The predicted octanol–water partition coefficient (Wildman–Crippen LogP) is 5.56. The van der Waals surface area contributed by atoms with E-state index in [0.717, 1.165) is 18.2 Å². The Hall–Kier alpha value is 0.680. The minimum absolute atomic E-state index is 0.0405. The Morgan fingerprint density at radius 2 is 2.00 bits per heavy atom. The third-order valence-corrected chi connectivity index (χ3v) is 4.35. The summed E-state index contributed by atoms with van der Waals surface area (Å²) in [6, 6.07) is 1.30. The molecule has 0 aromatic heterocycles. The Morgan fingerprint density at radius 3 is 2.62 bits per heavy atom. The molecule has 0 heterocycles. The van der Waals surface area contributed by atoms with E-state index in [-0.39, 0.29) is 5.02 Å². The molecule has 16 heavy (non-hydrogen) atoms. The molecule has 0 unspecified atom stereocenters. The van der Waals surface area contributed by atoms with Crippen molar-refractivity contribution in [2.24, 2.45) is 0 Å². The van der Waals surface area contributed by atoms with E-state index in [1.165, 1.54) is 6.07 Å². The molecule has 0 saturated carbocycles.